The summed E-state index contributed by atoms with van der Waals surface area (Å²) in [6, 6.07) is 10.0. The molecule has 0 spiro atoms. The topological polar surface area (TPSA) is 33.1 Å². The number of benzene rings is 1. The average molecular weight is 286 g/mol. The van der Waals surface area contributed by atoms with Crippen LogP contribution in [0.4, 0.5) is 0 Å². The molecule has 1 aromatic heterocycles. The van der Waals surface area contributed by atoms with Crippen molar-refractivity contribution in [1.82, 2.24) is 20.0 Å². The lowest BCUT2D eigenvalue weighted by atomic mass is 10.3. The van der Waals surface area contributed by atoms with Crippen molar-refractivity contribution in [2.45, 2.75) is 6.54 Å². The van der Waals surface area contributed by atoms with Crippen LogP contribution in [0.3, 0.4) is 0 Å². The molecule has 0 saturated heterocycles. The fraction of sp³-hybridized carbons (Fsp3) is 0.200. The molecule has 0 bridgehead atoms. The summed E-state index contributed by atoms with van der Waals surface area (Å²) < 4.78 is 1.86. The van der Waals surface area contributed by atoms with Crippen molar-refractivity contribution in [2.75, 3.05) is 13.6 Å². The molecule has 0 saturated carbocycles. The van der Waals surface area contributed by atoms with Gasteiger partial charge in [0.05, 0.1) is 11.9 Å². The van der Waals surface area contributed by atoms with E-state index in [9.17, 15) is 0 Å². The summed E-state index contributed by atoms with van der Waals surface area (Å²) in [7, 11) is 1.96. The third-order valence-electron chi connectivity index (χ3n) is 2.82. The minimum Gasteiger partial charge on any atom is -0.359 e. The highest BCUT2D eigenvalue weighted by Crippen LogP contribution is 2.09. The van der Waals surface area contributed by atoms with Gasteiger partial charge in [-0.2, -0.15) is 5.10 Å². The van der Waals surface area contributed by atoms with Crippen LogP contribution < -0.4 is 5.32 Å². The van der Waals surface area contributed by atoms with Crippen LogP contribution in [0.15, 0.2) is 55.4 Å². The SMILES string of the molecule is C=CCNC(=S)N(C)Cc1cnn(-c2ccccc2)c1. The van der Waals surface area contributed by atoms with Gasteiger partial charge in [-0.05, 0) is 24.4 Å². The molecule has 0 atom stereocenters. The summed E-state index contributed by atoms with van der Waals surface area (Å²) >= 11 is 5.28. The van der Waals surface area contributed by atoms with E-state index in [2.05, 4.69) is 17.0 Å². The molecule has 0 aliphatic carbocycles. The third-order valence-corrected chi connectivity index (χ3v) is 3.28. The lowest BCUT2D eigenvalue weighted by molar-refractivity contribution is 0.492. The molecule has 0 radical (unpaired) electrons. The fourth-order valence-electron chi connectivity index (χ4n) is 1.80. The zero-order valence-electron chi connectivity index (χ0n) is 11.5. The first-order valence-corrected chi connectivity index (χ1v) is 6.80. The molecule has 2 aromatic rings. The van der Waals surface area contributed by atoms with Gasteiger partial charge >= 0.3 is 0 Å². The second kappa shape index (κ2) is 6.86. The first-order chi connectivity index (χ1) is 9.70. The van der Waals surface area contributed by atoms with E-state index in [0.717, 1.165) is 17.8 Å². The highest BCUT2D eigenvalue weighted by molar-refractivity contribution is 7.80. The van der Waals surface area contributed by atoms with Gasteiger partial charge in [0.2, 0.25) is 0 Å². The molecule has 104 valence electrons. The standard InChI is InChI=1S/C15H18N4S/c1-3-9-16-15(20)18(2)11-13-10-17-19(12-13)14-7-5-4-6-8-14/h3-8,10,12H,1,9,11H2,2H3,(H,16,20). The summed E-state index contributed by atoms with van der Waals surface area (Å²) in [6.07, 6.45) is 5.66. The first kappa shape index (κ1) is 14.3. The van der Waals surface area contributed by atoms with Crippen molar-refractivity contribution in [3.63, 3.8) is 0 Å². The molecule has 0 fully saturated rings. The quantitative estimate of drug-likeness (QED) is 0.676. The van der Waals surface area contributed by atoms with Gasteiger partial charge in [-0.3, -0.25) is 0 Å². The Hall–Kier alpha value is -2.14. The van der Waals surface area contributed by atoms with Crippen molar-refractivity contribution in [3.8, 4) is 5.69 Å². The largest absolute Gasteiger partial charge is 0.359 e. The van der Waals surface area contributed by atoms with E-state index >= 15 is 0 Å². The predicted octanol–water partition coefficient (Wildman–Crippen LogP) is 2.36. The Labute approximate surface area is 124 Å². The lowest BCUT2D eigenvalue weighted by Gasteiger charge is -2.19. The van der Waals surface area contributed by atoms with Crippen molar-refractivity contribution >= 4 is 17.3 Å². The Morgan fingerprint density at radius 3 is 2.90 bits per heavy atom. The minimum absolute atomic E-state index is 0.673. The van der Waals surface area contributed by atoms with E-state index in [1.165, 1.54) is 0 Å². The van der Waals surface area contributed by atoms with Gasteiger partial charge in [0, 0.05) is 31.9 Å². The molecule has 0 unspecified atom stereocenters. The van der Waals surface area contributed by atoms with E-state index in [1.807, 2.05) is 59.4 Å². The molecule has 2 rings (SSSR count). The van der Waals surface area contributed by atoms with Crippen LogP contribution in [0.1, 0.15) is 5.56 Å². The van der Waals surface area contributed by atoms with Crippen LogP contribution in [0.25, 0.3) is 5.69 Å². The normalized spacial score (nSPS) is 10.1. The van der Waals surface area contributed by atoms with Crippen molar-refractivity contribution in [3.05, 3.63) is 60.9 Å². The Bertz CT molecular complexity index is 577. The highest BCUT2D eigenvalue weighted by Gasteiger charge is 2.06. The smallest absolute Gasteiger partial charge is 0.169 e. The Kier molecular flexibility index (Phi) is 4.90. The van der Waals surface area contributed by atoms with Gasteiger partial charge in [-0.1, -0.05) is 24.3 Å². The number of nitrogens with zero attached hydrogens (tertiary/aromatic N) is 3. The van der Waals surface area contributed by atoms with Crippen LogP contribution >= 0.6 is 12.2 Å². The molecule has 0 amide bonds. The maximum Gasteiger partial charge on any atom is 0.169 e. The van der Waals surface area contributed by atoms with Crippen LogP contribution in [0.2, 0.25) is 0 Å². The van der Waals surface area contributed by atoms with E-state index in [-0.39, 0.29) is 0 Å². The van der Waals surface area contributed by atoms with Crippen LogP contribution in [0.5, 0.6) is 0 Å². The van der Waals surface area contributed by atoms with Gasteiger partial charge in [0.15, 0.2) is 5.11 Å². The second-order valence-corrected chi connectivity index (χ2v) is 4.85. The molecule has 1 aromatic carbocycles. The third kappa shape index (κ3) is 3.68. The maximum absolute atomic E-state index is 5.28. The van der Waals surface area contributed by atoms with Crippen LogP contribution in [-0.2, 0) is 6.54 Å². The molecular weight excluding hydrogens is 268 g/mol. The average Bonchev–Trinajstić information content (AvgIpc) is 2.94. The number of rotatable bonds is 5. The van der Waals surface area contributed by atoms with E-state index < -0.39 is 0 Å². The molecule has 5 heteroatoms. The minimum atomic E-state index is 0.673. The number of aromatic nitrogens is 2. The number of para-hydroxylation sites is 1. The zero-order chi connectivity index (χ0) is 14.4. The van der Waals surface area contributed by atoms with Gasteiger partial charge < -0.3 is 10.2 Å². The van der Waals surface area contributed by atoms with E-state index in [1.54, 1.807) is 6.08 Å². The van der Waals surface area contributed by atoms with E-state index in [4.69, 9.17) is 12.2 Å². The van der Waals surface area contributed by atoms with E-state index in [0.29, 0.717) is 11.7 Å². The van der Waals surface area contributed by atoms with Crippen molar-refractivity contribution in [2.24, 2.45) is 0 Å². The first-order valence-electron chi connectivity index (χ1n) is 6.39. The fourth-order valence-corrected chi connectivity index (χ4v) is 1.95. The molecule has 4 nitrogen and oxygen atoms in total. The lowest BCUT2D eigenvalue weighted by Crippen LogP contribution is -2.36. The number of thiocarbonyl (C=S) groups is 1. The Morgan fingerprint density at radius 2 is 2.20 bits per heavy atom. The molecule has 0 aliphatic heterocycles. The Morgan fingerprint density at radius 1 is 1.45 bits per heavy atom. The number of hydrogen-bond donors (Lipinski definition) is 1. The van der Waals surface area contributed by atoms with Crippen molar-refractivity contribution in [1.29, 1.82) is 0 Å². The van der Waals surface area contributed by atoms with Gasteiger partial charge in [-0.25, -0.2) is 4.68 Å². The Balaban J connectivity index is 1.99. The molecule has 20 heavy (non-hydrogen) atoms. The number of nitrogens with one attached hydrogen (secondary N) is 1. The summed E-state index contributed by atoms with van der Waals surface area (Å²) in [5.74, 6) is 0. The second-order valence-electron chi connectivity index (χ2n) is 4.46. The summed E-state index contributed by atoms with van der Waals surface area (Å²) in [5.41, 5.74) is 2.16. The number of hydrogen-bond acceptors (Lipinski definition) is 2. The molecule has 1 heterocycles. The summed E-state index contributed by atoms with van der Waals surface area (Å²) in [4.78, 5) is 1.98. The van der Waals surface area contributed by atoms with Gasteiger partial charge in [0.1, 0.15) is 0 Å². The van der Waals surface area contributed by atoms with Crippen molar-refractivity contribution < 1.29 is 0 Å². The molecular formula is C15H18N4S. The van der Waals surface area contributed by atoms with Gasteiger partial charge in [-0.15, -0.1) is 6.58 Å². The molecule has 1 N–H and O–H groups in total. The monoisotopic (exact) mass is 286 g/mol. The zero-order valence-corrected chi connectivity index (χ0v) is 12.3. The van der Waals surface area contributed by atoms with Gasteiger partial charge in [0.25, 0.3) is 0 Å². The highest BCUT2D eigenvalue weighted by atomic mass is 32.1. The molecule has 0 aliphatic rings. The van der Waals surface area contributed by atoms with Crippen LogP contribution in [-0.4, -0.2) is 33.4 Å². The summed E-state index contributed by atoms with van der Waals surface area (Å²) in [5, 5.41) is 8.18. The van der Waals surface area contributed by atoms with Crippen LogP contribution in [0, 0.1) is 0 Å². The summed E-state index contributed by atoms with van der Waals surface area (Å²) in [6.45, 7) is 5.05. The predicted molar refractivity (Wildman–Crippen MR) is 85.8 cm³/mol. The maximum atomic E-state index is 5.28.